The highest BCUT2D eigenvalue weighted by molar-refractivity contribution is 5.86. The van der Waals surface area contributed by atoms with E-state index in [0.29, 0.717) is 18.4 Å². The van der Waals surface area contributed by atoms with Gasteiger partial charge in [0.05, 0.1) is 31.1 Å². The number of carbonyl (C=O) groups excluding carboxylic acids is 1. The number of likely N-dealkylation sites (N-methyl/N-ethyl adjacent to an activating group) is 1. The van der Waals surface area contributed by atoms with E-state index in [9.17, 15) is 9.18 Å². The molecule has 1 fully saturated rings. The highest BCUT2D eigenvalue weighted by Gasteiger charge is 2.16. The summed E-state index contributed by atoms with van der Waals surface area (Å²) in [6, 6.07) is 7.99. The summed E-state index contributed by atoms with van der Waals surface area (Å²) in [6.07, 6.45) is 2.82. The second kappa shape index (κ2) is 10.0. The van der Waals surface area contributed by atoms with Crippen LogP contribution in [0.3, 0.4) is 0 Å². The number of hydrogen-bond acceptors (Lipinski definition) is 4. The van der Waals surface area contributed by atoms with Crippen molar-refractivity contribution in [3.63, 3.8) is 0 Å². The van der Waals surface area contributed by atoms with Gasteiger partial charge in [0.1, 0.15) is 5.82 Å². The number of amides is 1. The molecule has 0 spiro atoms. The largest absolute Gasteiger partial charge is 0.381 e. The summed E-state index contributed by atoms with van der Waals surface area (Å²) in [5, 5.41) is 10.8. The second-order valence-corrected chi connectivity index (χ2v) is 7.15. The highest BCUT2D eigenvalue weighted by Crippen LogP contribution is 2.11. The molecule has 0 aliphatic carbocycles. The number of carbonyl (C=O) groups is 1. The van der Waals surface area contributed by atoms with E-state index in [1.807, 2.05) is 12.3 Å². The molecule has 1 aliphatic rings. The molecule has 0 saturated carbocycles. The molecule has 8 nitrogen and oxygen atoms in total. The third kappa shape index (κ3) is 6.28. The van der Waals surface area contributed by atoms with E-state index in [4.69, 9.17) is 4.74 Å². The fourth-order valence-corrected chi connectivity index (χ4v) is 2.82. The van der Waals surface area contributed by atoms with Gasteiger partial charge in [-0.25, -0.2) is 14.1 Å². The van der Waals surface area contributed by atoms with E-state index in [2.05, 4.69) is 20.7 Å². The first-order chi connectivity index (χ1) is 14.0. The molecule has 3 rings (SSSR count). The summed E-state index contributed by atoms with van der Waals surface area (Å²) in [5.41, 5.74) is 1.54. The zero-order valence-electron chi connectivity index (χ0n) is 16.8. The molecule has 9 heteroatoms. The van der Waals surface area contributed by atoms with E-state index in [1.165, 1.54) is 17.0 Å². The Morgan fingerprint density at radius 2 is 2.10 bits per heavy atom. The van der Waals surface area contributed by atoms with Crippen molar-refractivity contribution in [2.45, 2.75) is 13.0 Å². The van der Waals surface area contributed by atoms with Gasteiger partial charge in [-0.15, -0.1) is 0 Å². The maximum absolute atomic E-state index is 13.1. The molecule has 29 heavy (non-hydrogen) atoms. The summed E-state index contributed by atoms with van der Waals surface area (Å²) >= 11 is 0. The van der Waals surface area contributed by atoms with Gasteiger partial charge < -0.3 is 20.3 Å². The van der Waals surface area contributed by atoms with E-state index in [1.54, 1.807) is 30.9 Å². The molecule has 1 amide bonds. The first kappa shape index (κ1) is 20.8. The van der Waals surface area contributed by atoms with Gasteiger partial charge in [0.15, 0.2) is 5.96 Å². The van der Waals surface area contributed by atoms with Crippen LogP contribution in [0.2, 0.25) is 0 Å². The Hall–Kier alpha value is -2.94. The summed E-state index contributed by atoms with van der Waals surface area (Å²) in [4.78, 5) is 18.0. The quantitative estimate of drug-likeness (QED) is 0.537. The number of ether oxygens (including phenoxy) is 1. The van der Waals surface area contributed by atoms with E-state index in [0.717, 1.165) is 37.6 Å². The first-order valence-corrected chi connectivity index (χ1v) is 9.62. The number of benzene rings is 1. The molecule has 2 heterocycles. The van der Waals surface area contributed by atoms with Crippen LogP contribution >= 0.6 is 0 Å². The minimum absolute atomic E-state index is 0.0377. The lowest BCUT2D eigenvalue weighted by molar-refractivity contribution is -0.127. The molecule has 0 bridgehead atoms. The Labute approximate surface area is 169 Å². The summed E-state index contributed by atoms with van der Waals surface area (Å²) in [7, 11) is 3.43. The van der Waals surface area contributed by atoms with Crippen LogP contribution in [0.4, 0.5) is 4.39 Å². The predicted molar refractivity (Wildman–Crippen MR) is 108 cm³/mol. The summed E-state index contributed by atoms with van der Waals surface area (Å²) < 4.78 is 20.2. The van der Waals surface area contributed by atoms with Gasteiger partial charge in [0, 0.05) is 39.4 Å². The molecule has 2 aromatic rings. The van der Waals surface area contributed by atoms with Gasteiger partial charge in [-0.3, -0.25) is 4.79 Å². The number of aromatic nitrogens is 2. The minimum atomic E-state index is -0.285. The van der Waals surface area contributed by atoms with E-state index < -0.39 is 0 Å². The molecule has 2 N–H and O–H groups in total. The molecule has 1 aromatic carbocycles. The van der Waals surface area contributed by atoms with Crippen molar-refractivity contribution in [1.82, 2.24) is 25.3 Å². The van der Waals surface area contributed by atoms with Gasteiger partial charge >= 0.3 is 0 Å². The molecule has 1 unspecified atom stereocenters. The molecule has 1 atom stereocenters. The zero-order chi connectivity index (χ0) is 20.6. The maximum Gasteiger partial charge on any atom is 0.241 e. The van der Waals surface area contributed by atoms with Crippen molar-refractivity contribution in [2.24, 2.45) is 10.9 Å². The van der Waals surface area contributed by atoms with Crippen LogP contribution in [0.25, 0.3) is 5.69 Å². The van der Waals surface area contributed by atoms with Gasteiger partial charge in [-0.2, -0.15) is 5.10 Å². The average Bonchev–Trinajstić information content (AvgIpc) is 3.39. The average molecular weight is 402 g/mol. The summed E-state index contributed by atoms with van der Waals surface area (Å²) in [6.45, 7) is 2.75. The van der Waals surface area contributed by atoms with Gasteiger partial charge in [-0.1, -0.05) is 0 Å². The van der Waals surface area contributed by atoms with Gasteiger partial charge in [0.25, 0.3) is 0 Å². The van der Waals surface area contributed by atoms with E-state index in [-0.39, 0.29) is 18.3 Å². The standard InChI is InChI=1S/C20H27FN6O2/c1-26(2)19(28)13-24-20(22-11-15-8-10-29-14-15)23-12-17-7-9-27(25-17)18-5-3-16(21)4-6-18/h3-7,9,15H,8,10-14H2,1-2H3,(H2,22,23,24). The topological polar surface area (TPSA) is 83.8 Å². The number of rotatable bonds is 7. The number of nitrogens with one attached hydrogen (secondary N) is 2. The normalized spacial score (nSPS) is 16.7. The molecule has 156 valence electrons. The Bertz CT molecular complexity index is 828. The van der Waals surface area contributed by atoms with Gasteiger partial charge in [0.2, 0.25) is 5.91 Å². The fourth-order valence-electron chi connectivity index (χ4n) is 2.82. The molecular formula is C20H27FN6O2. The number of halogens is 1. The van der Waals surface area contributed by atoms with Crippen LogP contribution in [0.5, 0.6) is 0 Å². The third-order valence-corrected chi connectivity index (χ3v) is 4.62. The Balaban J connectivity index is 1.62. The van der Waals surface area contributed by atoms with Crippen molar-refractivity contribution in [1.29, 1.82) is 0 Å². The molecule has 1 aliphatic heterocycles. The third-order valence-electron chi connectivity index (χ3n) is 4.62. The second-order valence-electron chi connectivity index (χ2n) is 7.15. The molecule has 0 radical (unpaired) electrons. The Morgan fingerprint density at radius 1 is 1.31 bits per heavy atom. The Morgan fingerprint density at radius 3 is 2.79 bits per heavy atom. The lowest BCUT2D eigenvalue weighted by Gasteiger charge is -2.16. The van der Waals surface area contributed by atoms with Crippen LogP contribution in [0, 0.1) is 11.7 Å². The van der Waals surface area contributed by atoms with Crippen LogP contribution in [-0.4, -0.2) is 66.9 Å². The Kier molecular flexibility index (Phi) is 7.18. The number of guanidine groups is 1. The van der Waals surface area contributed by atoms with E-state index >= 15 is 0 Å². The number of aliphatic imine (C=N–C) groups is 1. The van der Waals surface area contributed by atoms with Crippen molar-refractivity contribution in [3.8, 4) is 5.69 Å². The molecule has 1 aromatic heterocycles. The molecular weight excluding hydrogens is 375 g/mol. The smallest absolute Gasteiger partial charge is 0.241 e. The predicted octanol–water partition coefficient (Wildman–Crippen LogP) is 1.17. The van der Waals surface area contributed by atoms with Crippen molar-refractivity contribution in [3.05, 3.63) is 48.0 Å². The first-order valence-electron chi connectivity index (χ1n) is 9.62. The number of hydrogen-bond donors (Lipinski definition) is 2. The minimum Gasteiger partial charge on any atom is -0.381 e. The maximum atomic E-state index is 13.1. The van der Waals surface area contributed by atoms with Crippen LogP contribution in [0.15, 0.2) is 41.5 Å². The fraction of sp³-hybridized carbons (Fsp3) is 0.450. The monoisotopic (exact) mass is 402 g/mol. The van der Waals surface area contributed by atoms with Crippen LogP contribution in [-0.2, 0) is 16.1 Å². The van der Waals surface area contributed by atoms with Crippen LogP contribution < -0.4 is 10.6 Å². The zero-order valence-corrected chi connectivity index (χ0v) is 16.8. The van der Waals surface area contributed by atoms with Crippen LogP contribution in [0.1, 0.15) is 12.1 Å². The highest BCUT2D eigenvalue weighted by atomic mass is 19.1. The molecule has 1 saturated heterocycles. The number of nitrogens with zero attached hydrogens (tertiary/aromatic N) is 4. The van der Waals surface area contributed by atoms with Crippen molar-refractivity contribution in [2.75, 3.05) is 40.4 Å². The lowest BCUT2D eigenvalue weighted by Crippen LogP contribution is -2.44. The van der Waals surface area contributed by atoms with Crippen molar-refractivity contribution < 1.29 is 13.9 Å². The summed E-state index contributed by atoms with van der Waals surface area (Å²) in [5.74, 6) is 0.671. The SMILES string of the molecule is CN(C)C(=O)CNC(=NCc1ccn(-c2ccc(F)cc2)n1)NCC1CCOC1. The van der Waals surface area contributed by atoms with Gasteiger partial charge in [-0.05, 0) is 36.8 Å². The lowest BCUT2D eigenvalue weighted by atomic mass is 10.1. The van der Waals surface area contributed by atoms with Crippen molar-refractivity contribution >= 4 is 11.9 Å².